The topological polar surface area (TPSA) is 58.1 Å². The normalized spacial score (nSPS) is 11.1. The van der Waals surface area contributed by atoms with Crippen molar-refractivity contribution in [2.75, 3.05) is 0 Å². The molecule has 0 amide bonds. The van der Waals surface area contributed by atoms with E-state index in [9.17, 15) is 4.79 Å². The summed E-state index contributed by atoms with van der Waals surface area (Å²) in [7, 11) is 0. The van der Waals surface area contributed by atoms with Crippen LogP contribution in [-0.2, 0) is 0 Å². The van der Waals surface area contributed by atoms with Crippen LogP contribution in [0.4, 0.5) is 0 Å². The van der Waals surface area contributed by atoms with Gasteiger partial charge in [0, 0.05) is 11.9 Å². The van der Waals surface area contributed by atoms with Crippen LogP contribution in [0.3, 0.4) is 0 Å². The van der Waals surface area contributed by atoms with Crippen molar-refractivity contribution < 1.29 is 0 Å². The molecule has 4 nitrogen and oxygen atoms in total. The van der Waals surface area contributed by atoms with Crippen LogP contribution in [0.15, 0.2) is 52.4 Å². The van der Waals surface area contributed by atoms with E-state index in [1.807, 2.05) is 42.5 Å². The molecule has 1 heterocycles. The van der Waals surface area contributed by atoms with Gasteiger partial charge in [0.2, 0.25) is 0 Å². The summed E-state index contributed by atoms with van der Waals surface area (Å²) in [5.74, 6) is 0. The number of nitrogens with zero attached hydrogens (tertiary/aromatic N) is 3. The quantitative estimate of drug-likeness (QED) is 0.810. The summed E-state index contributed by atoms with van der Waals surface area (Å²) in [6.45, 7) is 3.53. The molecule has 0 N–H and O–H groups in total. The summed E-state index contributed by atoms with van der Waals surface area (Å²) < 4.78 is 1.24. The zero-order valence-electron chi connectivity index (χ0n) is 11.9. The number of aryl methyl sites for hydroxylation is 2. The molecule has 2 rings (SSSR count). The number of benzene rings is 1. The van der Waals surface area contributed by atoms with Crippen LogP contribution in [0.5, 0.6) is 0 Å². The molecule has 0 bridgehead atoms. The minimum Gasteiger partial charge on any atom is -0.266 e. The summed E-state index contributed by atoms with van der Waals surface area (Å²) >= 11 is 0. The van der Waals surface area contributed by atoms with E-state index in [0.717, 1.165) is 5.56 Å². The van der Waals surface area contributed by atoms with Crippen LogP contribution in [-0.4, -0.2) is 10.9 Å². The van der Waals surface area contributed by atoms with Gasteiger partial charge in [-0.15, -0.1) is 0 Å². The van der Waals surface area contributed by atoms with E-state index in [0.29, 0.717) is 11.3 Å². The number of nitriles is 1. The van der Waals surface area contributed by atoms with E-state index >= 15 is 0 Å². The predicted octanol–water partition coefficient (Wildman–Crippen LogP) is 2.88. The number of rotatable bonds is 3. The van der Waals surface area contributed by atoms with Crippen molar-refractivity contribution in [2.45, 2.75) is 13.8 Å². The highest BCUT2D eigenvalue weighted by Crippen LogP contribution is 2.05. The molecule has 0 aliphatic carbocycles. The second-order valence-corrected chi connectivity index (χ2v) is 4.61. The van der Waals surface area contributed by atoms with Crippen LogP contribution in [0.1, 0.15) is 22.4 Å². The lowest BCUT2D eigenvalue weighted by Gasteiger charge is -2.05. The first-order valence-electron chi connectivity index (χ1n) is 6.53. The molecule has 0 radical (unpaired) electrons. The monoisotopic (exact) mass is 277 g/mol. The molecule has 0 aliphatic heterocycles. The number of aromatic nitrogens is 1. The van der Waals surface area contributed by atoms with Crippen LogP contribution >= 0.6 is 0 Å². The van der Waals surface area contributed by atoms with Crippen molar-refractivity contribution in [1.82, 2.24) is 4.68 Å². The van der Waals surface area contributed by atoms with Gasteiger partial charge >= 0.3 is 0 Å². The van der Waals surface area contributed by atoms with E-state index in [4.69, 9.17) is 5.26 Å². The minimum atomic E-state index is -0.389. The van der Waals surface area contributed by atoms with Gasteiger partial charge in [-0.05, 0) is 37.1 Å². The molecular formula is C17H15N3O. The molecule has 0 unspecified atom stereocenters. The van der Waals surface area contributed by atoms with Gasteiger partial charge < -0.3 is 0 Å². The fourth-order valence-corrected chi connectivity index (χ4v) is 1.98. The average molecular weight is 277 g/mol. The second kappa shape index (κ2) is 6.49. The Morgan fingerprint density at radius 3 is 2.62 bits per heavy atom. The lowest BCUT2D eigenvalue weighted by Crippen LogP contribution is -2.22. The number of allylic oxidation sites excluding steroid dienone is 1. The summed E-state index contributed by atoms with van der Waals surface area (Å²) in [5.41, 5.74) is 2.16. The van der Waals surface area contributed by atoms with Gasteiger partial charge in [-0.1, -0.05) is 36.4 Å². The predicted molar refractivity (Wildman–Crippen MR) is 84.3 cm³/mol. The first-order valence-corrected chi connectivity index (χ1v) is 6.53. The zero-order valence-corrected chi connectivity index (χ0v) is 11.9. The van der Waals surface area contributed by atoms with Gasteiger partial charge in [-0.2, -0.15) is 10.4 Å². The fourth-order valence-electron chi connectivity index (χ4n) is 1.98. The van der Waals surface area contributed by atoms with E-state index in [2.05, 4.69) is 5.10 Å². The molecule has 0 atom stereocenters. The molecule has 0 saturated carbocycles. The van der Waals surface area contributed by atoms with Gasteiger partial charge in [0.1, 0.15) is 11.6 Å². The lowest BCUT2D eigenvalue weighted by molar-refractivity contribution is 0.787. The second-order valence-electron chi connectivity index (χ2n) is 4.61. The highest BCUT2D eigenvalue weighted by atomic mass is 16.1. The third-order valence-corrected chi connectivity index (χ3v) is 3.03. The molecule has 0 aliphatic rings. The van der Waals surface area contributed by atoms with Crippen LogP contribution in [0.25, 0.3) is 6.08 Å². The van der Waals surface area contributed by atoms with Crippen molar-refractivity contribution in [2.24, 2.45) is 5.10 Å². The molecule has 1 aromatic carbocycles. The van der Waals surface area contributed by atoms with Crippen LogP contribution in [0, 0.1) is 25.2 Å². The van der Waals surface area contributed by atoms with Gasteiger partial charge in [-0.25, -0.2) is 4.68 Å². The Bertz CT molecular complexity index is 793. The third-order valence-electron chi connectivity index (χ3n) is 3.03. The molecular weight excluding hydrogens is 262 g/mol. The van der Waals surface area contributed by atoms with Crippen molar-refractivity contribution >= 4 is 12.3 Å². The molecule has 4 heteroatoms. The highest BCUT2D eigenvalue weighted by Gasteiger charge is 2.08. The molecule has 0 spiro atoms. The first kappa shape index (κ1) is 14.5. The van der Waals surface area contributed by atoms with E-state index < -0.39 is 0 Å². The number of hydrogen-bond donors (Lipinski definition) is 0. The average Bonchev–Trinajstić information content (AvgIpc) is 2.47. The summed E-state index contributed by atoms with van der Waals surface area (Å²) in [6, 6.07) is 13.5. The minimum absolute atomic E-state index is 0.129. The third kappa shape index (κ3) is 3.34. The van der Waals surface area contributed by atoms with Crippen LogP contribution in [0.2, 0.25) is 0 Å². The SMILES string of the molecule is Cc1cc(C)n(N=C/C=C\c2ccccc2)c(=O)c1C#N. The molecule has 21 heavy (non-hydrogen) atoms. The van der Waals surface area contributed by atoms with E-state index in [1.165, 1.54) is 10.9 Å². The summed E-state index contributed by atoms with van der Waals surface area (Å²) in [5, 5.41) is 13.1. The molecule has 104 valence electrons. The zero-order chi connectivity index (χ0) is 15.2. The molecule has 1 aromatic heterocycles. The molecule has 2 aromatic rings. The molecule has 0 fully saturated rings. The van der Waals surface area contributed by atoms with Crippen molar-refractivity contribution in [3.63, 3.8) is 0 Å². The maximum atomic E-state index is 12.1. The van der Waals surface area contributed by atoms with Crippen molar-refractivity contribution in [3.05, 3.63) is 75.2 Å². The van der Waals surface area contributed by atoms with Gasteiger partial charge in [-0.3, -0.25) is 4.79 Å². The smallest absolute Gasteiger partial charge is 0.266 e. The standard InChI is InChI=1S/C17H15N3O/c1-13-11-14(2)20(17(21)16(13)12-18)19-10-6-9-15-7-4-3-5-8-15/h3-11H,1-2H3/b9-6-,19-10?. The maximum absolute atomic E-state index is 12.1. The summed E-state index contributed by atoms with van der Waals surface area (Å²) in [4.78, 5) is 12.1. The Morgan fingerprint density at radius 1 is 1.24 bits per heavy atom. The lowest BCUT2D eigenvalue weighted by atomic mass is 10.1. The Hall–Kier alpha value is -2.93. The Balaban J connectivity index is 2.29. The van der Waals surface area contributed by atoms with E-state index in [1.54, 1.807) is 26.0 Å². The van der Waals surface area contributed by atoms with Crippen molar-refractivity contribution in [1.29, 1.82) is 5.26 Å². The largest absolute Gasteiger partial charge is 0.289 e. The Morgan fingerprint density at radius 2 is 1.95 bits per heavy atom. The fraction of sp³-hybridized carbons (Fsp3) is 0.118. The van der Waals surface area contributed by atoms with Crippen LogP contribution < -0.4 is 5.56 Å². The number of pyridine rings is 1. The number of hydrogen-bond acceptors (Lipinski definition) is 3. The molecule has 0 saturated heterocycles. The van der Waals surface area contributed by atoms with Gasteiger partial charge in [0.25, 0.3) is 5.56 Å². The van der Waals surface area contributed by atoms with E-state index in [-0.39, 0.29) is 11.1 Å². The maximum Gasteiger partial charge on any atom is 0.289 e. The summed E-state index contributed by atoms with van der Waals surface area (Å²) in [6.07, 6.45) is 5.19. The Kier molecular flexibility index (Phi) is 4.47. The Labute approximate surface area is 123 Å². The van der Waals surface area contributed by atoms with Crippen molar-refractivity contribution in [3.8, 4) is 6.07 Å². The van der Waals surface area contributed by atoms with Gasteiger partial charge in [0.15, 0.2) is 0 Å². The highest BCUT2D eigenvalue weighted by molar-refractivity contribution is 5.78. The first-order chi connectivity index (χ1) is 10.1. The van der Waals surface area contributed by atoms with Gasteiger partial charge in [0.05, 0.1) is 0 Å².